The Morgan fingerprint density at radius 3 is 3.03 bits per heavy atom. The van der Waals surface area contributed by atoms with Crippen molar-refractivity contribution in [2.24, 2.45) is 11.8 Å². The highest BCUT2D eigenvalue weighted by molar-refractivity contribution is 5.92. The molecular formula is C24H30N4O3. The lowest BCUT2D eigenvalue weighted by atomic mass is 10.1. The number of hydrogen-bond donors (Lipinski definition) is 0. The van der Waals surface area contributed by atoms with E-state index in [4.69, 9.17) is 9.26 Å². The standard InChI is InChI=1S/C24H30N4O3/c1-17(2)13-28-10-8-18(15-28)14-27(3)24(29)23-12-21(31-26-23)16-30-20-6-7-22-19(11-20)5-4-9-25-22/h4-7,9,11-12,17-18H,8,10,13-16H2,1-3H3/t18-/m1/s1. The molecule has 7 heteroatoms. The molecule has 3 heterocycles. The molecule has 1 amide bonds. The summed E-state index contributed by atoms with van der Waals surface area (Å²) in [5, 5.41) is 4.97. The van der Waals surface area contributed by atoms with Crippen LogP contribution in [-0.2, 0) is 6.61 Å². The number of fused-ring (bicyclic) bond motifs is 1. The maximum Gasteiger partial charge on any atom is 0.275 e. The molecule has 3 aromatic rings. The van der Waals surface area contributed by atoms with Crippen LogP contribution in [-0.4, -0.2) is 59.1 Å². The quantitative estimate of drug-likeness (QED) is 0.549. The topological polar surface area (TPSA) is 71.7 Å². The molecule has 0 saturated carbocycles. The number of amides is 1. The van der Waals surface area contributed by atoms with Gasteiger partial charge in [-0.15, -0.1) is 0 Å². The number of benzene rings is 1. The summed E-state index contributed by atoms with van der Waals surface area (Å²) >= 11 is 0. The Balaban J connectivity index is 1.29. The second kappa shape index (κ2) is 9.47. The maximum absolute atomic E-state index is 12.8. The second-order valence-corrected chi connectivity index (χ2v) is 8.82. The molecule has 0 spiro atoms. The number of hydrogen-bond acceptors (Lipinski definition) is 6. The van der Waals surface area contributed by atoms with Gasteiger partial charge in [-0.3, -0.25) is 9.78 Å². The lowest BCUT2D eigenvalue weighted by Crippen LogP contribution is -2.33. The molecule has 0 N–H and O–H groups in total. The van der Waals surface area contributed by atoms with Crippen LogP contribution in [0.15, 0.2) is 47.1 Å². The number of likely N-dealkylation sites (tertiary alicyclic amines) is 1. The third-order valence-corrected chi connectivity index (χ3v) is 5.61. The Hall–Kier alpha value is -2.93. The predicted molar refractivity (Wildman–Crippen MR) is 119 cm³/mol. The zero-order valence-corrected chi connectivity index (χ0v) is 18.5. The lowest BCUT2D eigenvalue weighted by Gasteiger charge is -2.21. The van der Waals surface area contributed by atoms with Crippen molar-refractivity contribution in [3.8, 4) is 5.75 Å². The van der Waals surface area contributed by atoms with Crippen LogP contribution in [0.25, 0.3) is 10.9 Å². The van der Waals surface area contributed by atoms with Gasteiger partial charge < -0.3 is 19.1 Å². The Morgan fingerprint density at radius 1 is 1.32 bits per heavy atom. The molecule has 0 radical (unpaired) electrons. The average Bonchev–Trinajstić information content (AvgIpc) is 3.40. The zero-order valence-electron chi connectivity index (χ0n) is 18.5. The third kappa shape index (κ3) is 5.41. The summed E-state index contributed by atoms with van der Waals surface area (Å²) in [6, 6.07) is 11.3. The first-order chi connectivity index (χ1) is 15.0. The van der Waals surface area contributed by atoms with E-state index in [9.17, 15) is 4.79 Å². The lowest BCUT2D eigenvalue weighted by molar-refractivity contribution is 0.0762. The van der Waals surface area contributed by atoms with Crippen molar-refractivity contribution in [3.63, 3.8) is 0 Å². The molecule has 1 aliphatic heterocycles. The average molecular weight is 423 g/mol. The Morgan fingerprint density at radius 2 is 2.19 bits per heavy atom. The summed E-state index contributed by atoms with van der Waals surface area (Å²) in [4.78, 5) is 21.3. The Bertz CT molecular complexity index is 1030. The maximum atomic E-state index is 12.8. The fourth-order valence-corrected chi connectivity index (χ4v) is 4.19. The summed E-state index contributed by atoms with van der Waals surface area (Å²) in [5.41, 5.74) is 1.24. The Labute approximate surface area is 183 Å². The summed E-state index contributed by atoms with van der Waals surface area (Å²) in [6.45, 7) is 8.71. The largest absolute Gasteiger partial charge is 0.486 e. The summed E-state index contributed by atoms with van der Waals surface area (Å²) in [5.74, 6) is 2.29. The molecular weight excluding hydrogens is 392 g/mol. The molecule has 164 valence electrons. The number of pyridine rings is 1. The highest BCUT2D eigenvalue weighted by atomic mass is 16.5. The minimum atomic E-state index is -0.117. The van der Waals surface area contributed by atoms with Crippen LogP contribution in [0, 0.1) is 11.8 Å². The van der Waals surface area contributed by atoms with Crippen LogP contribution in [0.1, 0.15) is 36.5 Å². The van der Waals surface area contributed by atoms with Gasteiger partial charge in [-0.2, -0.15) is 0 Å². The SMILES string of the molecule is CC(C)CN1CC[C@H](CN(C)C(=O)c2cc(COc3ccc4ncccc4c3)on2)C1. The number of carbonyl (C=O) groups excluding carboxylic acids is 1. The number of ether oxygens (including phenoxy) is 1. The summed E-state index contributed by atoms with van der Waals surface area (Å²) in [6.07, 6.45) is 2.89. The first-order valence-electron chi connectivity index (χ1n) is 10.9. The number of nitrogens with zero attached hydrogens (tertiary/aromatic N) is 4. The molecule has 4 rings (SSSR count). The Kier molecular flexibility index (Phi) is 6.51. The summed E-state index contributed by atoms with van der Waals surface area (Å²) < 4.78 is 11.1. The number of rotatable bonds is 8. The van der Waals surface area contributed by atoms with Gasteiger partial charge in [0.25, 0.3) is 5.91 Å². The molecule has 1 atom stereocenters. The third-order valence-electron chi connectivity index (χ3n) is 5.61. The second-order valence-electron chi connectivity index (χ2n) is 8.82. The monoisotopic (exact) mass is 422 g/mol. The van der Waals surface area contributed by atoms with Gasteiger partial charge in [0.15, 0.2) is 11.5 Å². The van der Waals surface area contributed by atoms with E-state index in [1.807, 2.05) is 37.4 Å². The minimum absolute atomic E-state index is 0.117. The highest BCUT2D eigenvalue weighted by Gasteiger charge is 2.26. The predicted octanol–water partition coefficient (Wildman–Crippen LogP) is 3.85. The molecule has 7 nitrogen and oxygen atoms in total. The van der Waals surface area contributed by atoms with Gasteiger partial charge in [-0.25, -0.2) is 0 Å². The van der Waals surface area contributed by atoms with Crippen molar-refractivity contribution in [2.75, 3.05) is 33.2 Å². The van der Waals surface area contributed by atoms with Crippen molar-refractivity contribution in [1.82, 2.24) is 19.9 Å². The molecule has 1 saturated heterocycles. The molecule has 0 aliphatic carbocycles. The van der Waals surface area contributed by atoms with E-state index in [1.165, 1.54) is 0 Å². The molecule has 1 aromatic carbocycles. The molecule has 1 fully saturated rings. The fraction of sp³-hybridized carbons (Fsp3) is 0.458. The van der Waals surface area contributed by atoms with Gasteiger partial charge in [0.05, 0.1) is 5.52 Å². The number of carbonyl (C=O) groups is 1. The van der Waals surface area contributed by atoms with Crippen LogP contribution in [0.5, 0.6) is 5.75 Å². The molecule has 31 heavy (non-hydrogen) atoms. The van der Waals surface area contributed by atoms with Crippen LogP contribution in [0.4, 0.5) is 0 Å². The smallest absolute Gasteiger partial charge is 0.275 e. The van der Waals surface area contributed by atoms with Gasteiger partial charge in [0, 0.05) is 44.3 Å². The van der Waals surface area contributed by atoms with Gasteiger partial charge in [-0.05, 0) is 49.1 Å². The van der Waals surface area contributed by atoms with Crippen LogP contribution < -0.4 is 4.74 Å². The van der Waals surface area contributed by atoms with Gasteiger partial charge in [0.1, 0.15) is 12.4 Å². The van der Waals surface area contributed by atoms with E-state index in [1.54, 1.807) is 17.2 Å². The van der Waals surface area contributed by atoms with E-state index in [0.717, 1.165) is 43.5 Å². The van der Waals surface area contributed by atoms with E-state index in [-0.39, 0.29) is 12.5 Å². The molecule has 0 unspecified atom stereocenters. The normalized spacial score (nSPS) is 16.8. The van der Waals surface area contributed by atoms with Crippen molar-refractivity contribution < 1.29 is 14.1 Å². The highest BCUT2D eigenvalue weighted by Crippen LogP contribution is 2.21. The van der Waals surface area contributed by atoms with Gasteiger partial charge in [-0.1, -0.05) is 25.1 Å². The first-order valence-corrected chi connectivity index (χ1v) is 10.9. The van der Waals surface area contributed by atoms with Crippen molar-refractivity contribution in [2.45, 2.75) is 26.9 Å². The van der Waals surface area contributed by atoms with Crippen LogP contribution in [0.3, 0.4) is 0 Å². The first kappa shape index (κ1) is 21.3. The summed E-state index contributed by atoms with van der Waals surface area (Å²) in [7, 11) is 1.83. The molecule has 2 aromatic heterocycles. The van der Waals surface area contributed by atoms with Gasteiger partial charge in [0.2, 0.25) is 0 Å². The van der Waals surface area contributed by atoms with E-state index < -0.39 is 0 Å². The molecule has 1 aliphatic rings. The zero-order chi connectivity index (χ0) is 21.8. The van der Waals surface area contributed by atoms with Gasteiger partial charge >= 0.3 is 0 Å². The van der Waals surface area contributed by atoms with Crippen molar-refractivity contribution in [3.05, 3.63) is 54.0 Å². The van der Waals surface area contributed by atoms with E-state index in [0.29, 0.717) is 29.0 Å². The molecule has 0 bridgehead atoms. The van der Waals surface area contributed by atoms with Crippen LogP contribution >= 0.6 is 0 Å². The fourth-order valence-electron chi connectivity index (χ4n) is 4.19. The van der Waals surface area contributed by atoms with Crippen molar-refractivity contribution in [1.29, 1.82) is 0 Å². The van der Waals surface area contributed by atoms with E-state index >= 15 is 0 Å². The van der Waals surface area contributed by atoms with Crippen molar-refractivity contribution >= 4 is 16.8 Å². The van der Waals surface area contributed by atoms with Crippen LogP contribution in [0.2, 0.25) is 0 Å². The number of aromatic nitrogens is 2. The minimum Gasteiger partial charge on any atom is -0.486 e. The van der Waals surface area contributed by atoms with E-state index in [2.05, 4.69) is 28.9 Å².